The van der Waals surface area contributed by atoms with Crippen LogP contribution in [0.25, 0.3) is 11.1 Å². The van der Waals surface area contributed by atoms with Crippen LogP contribution < -0.4 is 9.47 Å². The Kier molecular flexibility index (Phi) is 4.16. The molecule has 0 spiro atoms. The Bertz CT molecular complexity index is 625. The summed E-state index contributed by atoms with van der Waals surface area (Å²) in [6.45, 7) is 10.0. The van der Waals surface area contributed by atoms with E-state index in [1.807, 2.05) is 52.8 Å². The van der Waals surface area contributed by atoms with E-state index in [-0.39, 0.29) is 5.60 Å². The van der Waals surface area contributed by atoms with Gasteiger partial charge in [0, 0.05) is 17.2 Å². The number of benzene rings is 1. The lowest BCUT2D eigenvalue weighted by atomic mass is 9.99. The fourth-order valence-corrected chi connectivity index (χ4v) is 2.30. The summed E-state index contributed by atoms with van der Waals surface area (Å²) in [5.74, 6) is 1.57. The van der Waals surface area contributed by atoms with Gasteiger partial charge in [0.05, 0.1) is 19.0 Å². The molecule has 0 atom stereocenters. The molecule has 4 heteroatoms. The third-order valence-corrected chi connectivity index (χ3v) is 3.08. The van der Waals surface area contributed by atoms with Gasteiger partial charge >= 0.3 is 0 Å². The second-order valence-electron chi connectivity index (χ2n) is 6.06. The Morgan fingerprint density at radius 1 is 1.10 bits per heavy atom. The van der Waals surface area contributed by atoms with Gasteiger partial charge in [0.25, 0.3) is 0 Å². The molecule has 0 fully saturated rings. The van der Waals surface area contributed by atoms with Crippen LogP contribution in [0.2, 0.25) is 0 Å². The van der Waals surface area contributed by atoms with Crippen LogP contribution in [0.1, 0.15) is 32.0 Å². The lowest BCUT2D eigenvalue weighted by Crippen LogP contribution is -2.22. The number of aryl methyl sites for hydroxylation is 2. The molecule has 1 aromatic carbocycles. The minimum Gasteiger partial charge on any atom is -0.496 e. The summed E-state index contributed by atoms with van der Waals surface area (Å²) in [6.07, 6.45) is 1.77. The molecular formula is C17H22N2O2. The molecule has 0 saturated carbocycles. The van der Waals surface area contributed by atoms with E-state index < -0.39 is 0 Å². The topological polar surface area (TPSA) is 44.2 Å². The van der Waals surface area contributed by atoms with Gasteiger partial charge in [-0.1, -0.05) is 0 Å². The van der Waals surface area contributed by atoms with E-state index in [4.69, 9.17) is 9.47 Å². The third kappa shape index (κ3) is 3.51. The van der Waals surface area contributed by atoms with Crippen LogP contribution in [-0.2, 0) is 0 Å². The number of aromatic nitrogens is 2. The van der Waals surface area contributed by atoms with E-state index in [2.05, 4.69) is 10.2 Å². The van der Waals surface area contributed by atoms with Gasteiger partial charge in [0.1, 0.15) is 17.1 Å². The van der Waals surface area contributed by atoms with Gasteiger partial charge in [0.15, 0.2) is 0 Å². The number of methoxy groups -OCH3 is 1. The van der Waals surface area contributed by atoms with E-state index in [0.717, 1.165) is 33.9 Å². The van der Waals surface area contributed by atoms with Crippen molar-refractivity contribution in [1.82, 2.24) is 10.2 Å². The zero-order chi connectivity index (χ0) is 15.6. The summed E-state index contributed by atoms with van der Waals surface area (Å²) in [5, 5.41) is 8.11. The predicted molar refractivity (Wildman–Crippen MR) is 83.9 cm³/mol. The summed E-state index contributed by atoms with van der Waals surface area (Å²) in [7, 11) is 1.67. The molecule has 0 aliphatic heterocycles. The quantitative estimate of drug-likeness (QED) is 0.857. The average Bonchev–Trinajstić information content (AvgIpc) is 2.38. The molecule has 2 aromatic rings. The number of nitrogens with zero attached hydrogens (tertiary/aromatic N) is 2. The SMILES string of the molecule is COc1cc(OC(C)(C)C)ccc1-c1c(C)cnnc1C. The maximum absolute atomic E-state index is 5.89. The van der Waals surface area contributed by atoms with Crippen molar-refractivity contribution in [3.63, 3.8) is 0 Å². The van der Waals surface area contributed by atoms with Crippen LogP contribution >= 0.6 is 0 Å². The molecule has 1 heterocycles. The van der Waals surface area contributed by atoms with E-state index in [0.29, 0.717) is 0 Å². The van der Waals surface area contributed by atoms with E-state index >= 15 is 0 Å². The van der Waals surface area contributed by atoms with Crippen molar-refractivity contribution in [2.45, 2.75) is 40.2 Å². The van der Waals surface area contributed by atoms with Crippen LogP contribution in [0.15, 0.2) is 24.4 Å². The van der Waals surface area contributed by atoms with Crippen LogP contribution in [-0.4, -0.2) is 22.9 Å². The first-order chi connectivity index (χ1) is 9.81. The van der Waals surface area contributed by atoms with Gasteiger partial charge in [-0.25, -0.2) is 0 Å². The summed E-state index contributed by atoms with van der Waals surface area (Å²) in [4.78, 5) is 0. The van der Waals surface area contributed by atoms with Gasteiger partial charge < -0.3 is 9.47 Å². The highest BCUT2D eigenvalue weighted by molar-refractivity contribution is 5.75. The first kappa shape index (κ1) is 15.3. The normalized spacial score (nSPS) is 11.3. The molecule has 2 rings (SSSR count). The fourth-order valence-electron chi connectivity index (χ4n) is 2.30. The van der Waals surface area contributed by atoms with Crippen molar-refractivity contribution >= 4 is 0 Å². The maximum Gasteiger partial charge on any atom is 0.130 e. The molecule has 0 N–H and O–H groups in total. The molecule has 0 amide bonds. The Labute approximate surface area is 126 Å². The zero-order valence-electron chi connectivity index (χ0n) is 13.5. The highest BCUT2D eigenvalue weighted by atomic mass is 16.5. The monoisotopic (exact) mass is 286 g/mol. The molecule has 1 aromatic heterocycles. The minimum absolute atomic E-state index is 0.240. The van der Waals surface area contributed by atoms with Crippen molar-refractivity contribution in [2.24, 2.45) is 0 Å². The zero-order valence-corrected chi connectivity index (χ0v) is 13.5. The van der Waals surface area contributed by atoms with E-state index in [1.54, 1.807) is 13.3 Å². The van der Waals surface area contributed by atoms with Crippen molar-refractivity contribution in [2.75, 3.05) is 7.11 Å². The Morgan fingerprint density at radius 2 is 1.81 bits per heavy atom. The highest BCUT2D eigenvalue weighted by Crippen LogP contribution is 2.36. The average molecular weight is 286 g/mol. The highest BCUT2D eigenvalue weighted by Gasteiger charge is 2.16. The van der Waals surface area contributed by atoms with Crippen molar-refractivity contribution in [3.05, 3.63) is 35.7 Å². The lowest BCUT2D eigenvalue weighted by Gasteiger charge is -2.22. The van der Waals surface area contributed by atoms with Crippen LogP contribution in [0.4, 0.5) is 0 Å². The number of ether oxygens (including phenoxy) is 2. The van der Waals surface area contributed by atoms with Crippen molar-refractivity contribution in [3.8, 4) is 22.6 Å². The molecule has 4 nitrogen and oxygen atoms in total. The van der Waals surface area contributed by atoms with Crippen LogP contribution in [0.5, 0.6) is 11.5 Å². The molecule has 0 unspecified atom stereocenters. The maximum atomic E-state index is 5.89. The molecule has 0 saturated heterocycles. The number of rotatable bonds is 3. The van der Waals surface area contributed by atoms with Gasteiger partial charge in [-0.3, -0.25) is 0 Å². The predicted octanol–water partition coefficient (Wildman–Crippen LogP) is 3.95. The lowest BCUT2D eigenvalue weighted by molar-refractivity contribution is 0.130. The largest absolute Gasteiger partial charge is 0.496 e. The van der Waals surface area contributed by atoms with Crippen LogP contribution in [0, 0.1) is 13.8 Å². The molecule has 112 valence electrons. The molecule has 21 heavy (non-hydrogen) atoms. The Morgan fingerprint density at radius 3 is 2.38 bits per heavy atom. The first-order valence-corrected chi connectivity index (χ1v) is 6.98. The van der Waals surface area contributed by atoms with E-state index in [9.17, 15) is 0 Å². The third-order valence-electron chi connectivity index (χ3n) is 3.08. The van der Waals surface area contributed by atoms with E-state index in [1.165, 1.54) is 0 Å². The molecule has 0 aliphatic carbocycles. The Balaban J connectivity index is 2.51. The van der Waals surface area contributed by atoms with Gasteiger partial charge in [-0.2, -0.15) is 10.2 Å². The van der Waals surface area contributed by atoms with Crippen LogP contribution in [0.3, 0.4) is 0 Å². The Hall–Kier alpha value is -2.10. The summed E-state index contributed by atoms with van der Waals surface area (Å²) < 4.78 is 11.4. The van der Waals surface area contributed by atoms with Crippen molar-refractivity contribution in [1.29, 1.82) is 0 Å². The smallest absolute Gasteiger partial charge is 0.130 e. The molecule has 0 radical (unpaired) electrons. The van der Waals surface area contributed by atoms with Gasteiger partial charge in [-0.05, 0) is 52.3 Å². The minimum atomic E-state index is -0.240. The molecule has 0 aliphatic rings. The van der Waals surface area contributed by atoms with Gasteiger partial charge in [0.2, 0.25) is 0 Å². The summed E-state index contributed by atoms with van der Waals surface area (Å²) >= 11 is 0. The van der Waals surface area contributed by atoms with Gasteiger partial charge in [-0.15, -0.1) is 0 Å². The molecular weight excluding hydrogens is 264 g/mol. The van der Waals surface area contributed by atoms with Crippen molar-refractivity contribution < 1.29 is 9.47 Å². The first-order valence-electron chi connectivity index (χ1n) is 6.98. The standard InChI is InChI=1S/C17H22N2O2/c1-11-10-18-19-12(2)16(11)14-8-7-13(9-15(14)20-6)21-17(3,4)5/h7-10H,1-6H3. The summed E-state index contributed by atoms with van der Waals surface area (Å²) in [5.41, 5.74) is 3.78. The number of hydrogen-bond acceptors (Lipinski definition) is 4. The second kappa shape index (κ2) is 5.72. The summed E-state index contributed by atoms with van der Waals surface area (Å²) in [6, 6.07) is 5.89. The second-order valence-corrected chi connectivity index (χ2v) is 6.06. The fraction of sp³-hybridized carbons (Fsp3) is 0.412. The number of hydrogen-bond donors (Lipinski definition) is 0. The molecule has 0 bridgehead atoms.